The molecule has 1 atom stereocenters. The van der Waals surface area contributed by atoms with Crippen molar-refractivity contribution in [3.8, 4) is 0 Å². The zero-order chi connectivity index (χ0) is 11.0. The fourth-order valence-electron chi connectivity index (χ4n) is 1.16. The average molecular weight is 220 g/mol. The van der Waals surface area contributed by atoms with Gasteiger partial charge in [-0.25, -0.2) is 0 Å². The molecule has 4 nitrogen and oxygen atoms in total. The zero-order valence-corrected chi connectivity index (χ0v) is 10.6. The van der Waals surface area contributed by atoms with Crippen molar-refractivity contribution in [3.63, 3.8) is 0 Å². The molecule has 0 radical (unpaired) electrons. The van der Waals surface area contributed by atoms with Crippen molar-refractivity contribution in [2.75, 3.05) is 13.2 Å². The number of esters is 1. The van der Waals surface area contributed by atoms with E-state index in [2.05, 4.69) is 0 Å². The summed E-state index contributed by atoms with van der Waals surface area (Å²) in [6.07, 6.45) is -0.109. The maximum absolute atomic E-state index is 10.7. The second-order valence-electron chi connectivity index (χ2n) is 3.00. The van der Waals surface area contributed by atoms with Crippen molar-refractivity contribution in [1.82, 2.24) is 0 Å². The van der Waals surface area contributed by atoms with Crippen molar-refractivity contribution >= 4 is 15.3 Å². The lowest BCUT2D eigenvalue weighted by atomic mass is 10.5. The molecule has 0 aliphatic heterocycles. The van der Waals surface area contributed by atoms with Gasteiger partial charge in [0.25, 0.3) is 0 Å². The van der Waals surface area contributed by atoms with E-state index in [-0.39, 0.29) is 12.1 Å². The third-order valence-electron chi connectivity index (χ3n) is 1.60. The minimum Gasteiger partial charge on any atom is -0.463 e. The molecule has 0 aromatic heterocycles. The quantitative estimate of drug-likeness (QED) is 0.478. The van der Waals surface area contributed by atoms with E-state index in [1.54, 1.807) is 0 Å². The van der Waals surface area contributed by atoms with Gasteiger partial charge in [-0.15, -0.1) is 0 Å². The molecule has 0 fully saturated rings. The van der Waals surface area contributed by atoms with E-state index in [1.807, 2.05) is 20.8 Å². The van der Waals surface area contributed by atoms with Gasteiger partial charge in [-0.2, -0.15) is 0 Å². The van der Waals surface area contributed by atoms with Crippen LogP contribution in [0.3, 0.4) is 0 Å². The highest BCUT2D eigenvalue weighted by molar-refractivity contribution is 6.44. The molecule has 5 heteroatoms. The van der Waals surface area contributed by atoms with Gasteiger partial charge >= 0.3 is 15.3 Å². The summed E-state index contributed by atoms with van der Waals surface area (Å²) in [6.45, 7) is 8.46. The monoisotopic (exact) mass is 220 g/mol. The zero-order valence-electron chi connectivity index (χ0n) is 9.41. The summed E-state index contributed by atoms with van der Waals surface area (Å²) in [5.41, 5.74) is 0. The molecule has 0 aromatic carbocycles. The maximum Gasteiger partial charge on any atom is 0.325 e. The van der Waals surface area contributed by atoms with Crippen molar-refractivity contribution in [3.05, 3.63) is 0 Å². The van der Waals surface area contributed by atoms with Crippen LogP contribution in [-0.2, 0) is 18.4 Å². The third-order valence-corrected chi connectivity index (χ3v) is 4.06. The maximum atomic E-state index is 10.7. The second-order valence-corrected chi connectivity index (χ2v) is 4.99. The first-order chi connectivity index (χ1) is 6.60. The Kier molecular flexibility index (Phi) is 7.74. The van der Waals surface area contributed by atoms with E-state index in [9.17, 15) is 4.79 Å². The van der Waals surface area contributed by atoms with Crippen LogP contribution in [0.1, 0.15) is 27.7 Å². The van der Waals surface area contributed by atoms with Crippen LogP contribution in [0.4, 0.5) is 0 Å². The van der Waals surface area contributed by atoms with Crippen LogP contribution in [0.2, 0.25) is 6.04 Å². The number of carbonyl (C=O) groups is 1. The molecule has 0 saturated carbocycles. The van der Waals surface area contributed by atoms with E-state index in [1.165, 1.54) is 6.92 Å². The number of carbonyl (C=O) groups excluding carboxylic acids is 1. The summed E-state index contributed by atoms with van der Waals surface area (Å²) < 4.78 is 15.9. The fraction of sp³-hybridized carbons (Fsp3) is 0.889. The molecular formula is C9H20O4Si. The van der Waals surface area contributed by atoms with Gasteiger partial charge < -0.3 is 13.6 Å². The molecular weight excluding hydrogens is 200 g/mol. The molecule has 84 valence electrons. The van der Waals surface area contributed by atoms with Gasteiger partial charge in [0.1, 0.15) is 6.10 Å². The first-order valence-corrected chi connectivity index (χ1v) is 6.76. The molecule has 0 heterocycles. The highest BCUT2D eigenvalue weighted by Gasteiger charge is 2.18. The summed E-state index contributed by atoms with van der Waals surface area (Å²) in [4.78, 5) is 10.7. The van der Waals surface area contributed by atoms with E-state index >= 15 is 0 Å². The third kappa shape index (κ3) is 7.05. The van der Waals surface area contributed by atoms with Crippen LogP contribution in [0.25, 0.3) is 0 Å². The van der Waals surface area contributed by atoms with Crippen LogP contribution < -0.4 is 0 Å². The average Bonchev–Trinajstić information content (AvgIpc) is 2.03. The topological polar surface area (TPSA) is 44.8 Å². The highest BCUT2D eigenvalue weighted by atomic mass is 28.3. The first-order valence-electron chi connectivity index (χ1n) is 5.00. The Morgan fingerprint density at radius 3 is 2.14 bits per heavy atom. The summed E-state index contributed by atoms with van der Waals surface area (Å²) in [7, 11) is -1.63. The van der Waals surface area contributed by atoms with Gasteiger partial charge in [-0.1, -0.05) is 0 Å². The summed E-state index contributed by atoms with van der Waals surface area (Å²) in [5.74, 6) is -0.252. The predicted octanol–water partition coefficient (Wildman–Crippen LogP) is 1.23. The number of rotatable bonds is 7. The predicted molar refractivity (Wildman–Crippen MR) is 56.4 cm³/mol. The molecule has 0 aromatic rings. The molecule has 0 spiro atoms. The number of ether oxygens (including phenoxy) is 1. The van der Waals surface area contributed by atoms with E-state index < -0.39 is 9.28 Å². The molecule has 1 unspecified atom stereocenters. The van der Waals surface area contributed by atoms with Crippen LogP contribution >= 0.6 is 0 Å². The van der Waals surface area contributed by atoms with Gasteiger partial charge in [0, 0.05) is 26.2 Å². The fourth-order valence-corrected chi connectivity index (χ4v) is 2.91. The lowest BCUT2D eigenvalue weighted by molar-refractivity contribution is -0.144. The Labute approximate surface area is 87.4 Å². The van der Waals surface area contributed by atoms with Gasteiger partial charge in [0.15, 0.2) is 0 Å². The van der Waals surface area contributed by atoms with Gasteiger partial charge in [-0.3, -0.25) is 4.79 Å². The van der Waals surface area contributed by atoms with Crippen LogP contribution in [0, 0.1) is 0 Å². The molecule has 0 aliphatic carbocycles. The molecule has 0 amide bonds. The van der Waals surface area contributed by atoms with Crippen LogP contribution in [0.15, 0.2) is 0 Å². The Hall–Kier alpha value is -0.393. The number of hydrogen-bond donors (Lipinski definition) is 0. The lowest BCUT2D eigenvalue weighted by Crippen LogP contribution is -2.28. The Morgan fingerprint density at radius 2 is 1.79 bits per heavy atom. The number of hydrogen-bond acceptors (Lipinski definition) is 4. The molecule has 0 N–H and O–H groups in total. The Morgan fingerprint density at radius 1 is 1.29 bits per heavy atom. The molecule has 14 heavy (non-hydrogen) atoms. The van der Waals surface area contributed by atoms with Crippen molar-refractivity contribution in [1.29, 1.82) is 0 Å². The van der Waals surface area contributed by atoms with Gasteiger partial charge in [-0.05, 0) is 20.8 Å². The summed E-state index contributed by atoms with van der Waals surface area (Å²) in [6, 6.07) is 0.710. The summed E-state index contributed by atoms with van der Waals surface area (Å²) >= 11 is 0. The molecule has 0 saturated heterocycles. The van der Waals surface area contributed by atoms with Crippen LogP contribution in [0.5, 0.6) is 0 Å². The molecule has 0 bridgehead atoms. The van der Waals surface area contributed by atoms with Crippen molar-refractivity contribution in [2.45, 2.75) is 39.8 Å². The normalized spacial score (nSPS) is 12.9. The largest absolute Gasteiger partial charge is 0.463 e. The highest BCUT2D eigenvalue weighted by Crippen LogP contribution is 2.06. The minimum absolute atomic E-state index is 0.109. The standard InChI is InChI=1S/C9H20O4Si/c1-5-11-14(12-6-2)7-8(3)13-9(4)10/h8,14H,5-7H2,1-4H3. The van der Waals surface area contributed by atoms with Crippen molar-refractivity contribution < 1.29 is 18.4 Å². The van der Waals surface area contributed by atoms with Crippen LogP contribution in [-0.4, -0.2) is 34.6 Å². The van der Waals surface area contributed by atoms with Crippen molar-refractivity contribution in [2.24, 2.45) is 0 Å². The minimum atomic E-state index is -1.63. The lowest BCUT2D eigenvalue weighted by Gasteiger charge is -2.18. The van der Waals surface area contributed by atoms with E-state index in [4.69, 9.17) is 13.6 Å². The molecule has 0 rings (SSSR count). The SMILES string of the molecule is CCO[SiH](CC(C)OC(C)=O)OCC. The van der Waals surface area contributed by atoms with E-state index in [0.29, 0.717) is 19.3 Å². The smallest absolute Gasteiger partial charge is 0.325 e. The van der Waals surface area contributed by atoms with Gasteiger partial charge in [0.05, 0.1) is 0 Å². The first kappa shape index (κ1) is 13.6. The van der Waals surface area contributed by atoms with E-state index in [0.717, 1.165) is 0 Å². The van der Waals surface area contributed by atoms with Gasteiger partial charge in [0.2, 0.25) is 0 Å². The Balaban J connectivity index is 3.81. The Bertz CT molecular complexity index is 157. The second kappa shape index (κ2) is 7.96. The molecule has 0 aliphatic rings. The summed E-state index contributed by atoms with van der Waals surface area (Å²) in [5, 5.41) is 0.